The van der Waals surface area contributed by atoms with Gasteiger partial charge in [0.05, 0.1) is 13.2 Å². The van der Waals surface area contributed by atoms with Crippen molar-refractivity contribution in [2.45, 2.75) is 83.9 Å². The summed E-state index contributed by atoms with van der Waals surface area (Å²) in [5, 5.41) is 35.9. The third-order valence-electron chi connectivity index (χ3n) is 5.86. The minimum absolute atomic E-state index is 0.0368. The number of nitrogens with zero attached hydrogens (tertiary/aromatic N) is 2. The van der Waals surface area contributed by atoms with E-state index in [0.717, 1.165) is 22.6 Å². The van der Waals surface area contributed by atoms with Crippen molar-refractivity contribution >= 4 is 6.16 Å². The summed E-state index contributed by atoms with van der Waals surface area (Å²) >= 11 is 0. The van der Waals surface area contributed by atoms with Crippen molar-refractivity contribution < 1.29 is 43.8 Å². The number of benzene rings is 1. The molecule has 200 valence electrons. The summed E-state index contributed by atoms with van der Waals surface area (Å²) < 4.78 is 28.6. The smallest absolute Gasteiger partial charge is 0.497 e. The fourth-order valence-corrected chi connectivity index (χ4v) is 3.91. The van der Waals surface area contributed by atoms with Crippen molar-refractivity contribution in [1.82, 2.24) is 9.78 Å². The molecule has 2 heterocycles. The van der Waals surface area contributed by atoms with Gasteiger partial charge in [-0.25, -0.2) is 4.79 Å². The van der Waals surface area contributed by atoms with Crippen molar-refractivity contribution in [3.63, 3.8) is 0 Å². The van der Waals surface area contributed by atoms with Crippen LogP contribution in [-0.4, -0.2) is 81.8 Å². The molecule has 2 aromatic rings. The van der Waals surface area contributed by atoms with Gasteiger partial charge < -0.3 is 39.0 Å². The lowest BCUT2D eigenvalue weighted by Crippen LogP contribution is -2.60. The van der Waals surface area contributed by atoms with Crippen LogP contribution in [0.1, 0.15) is 50.6 Å². The highest BCUT2D eigenvalue weighted by atomic mass is 16.7. The number of ether oxygens (including phenoxy) is 5. The molecule has 11 heteroatoms. The second-order valence-corrected chi connectivity index (χ2v) is 9.29. The largest absolute Gasteiger partial charge is 0.508 e. The zero-order valence-corrected chi connectivity index (χ0v) is 21.5. The van der Waals surface area contributed by atoms with Gasteiger partial charge in [-0.1, -0.05) is 12.1 Å². The molecule has 0 aliphatic carbocycles. The lowest BCUT2D eigenvalue weighted by atomic mass is 9.99. The monoisotopic (exact) mass is 508 g/mol. The van der Waals surface area contributed by atoms with Crippen LogP contribution in [0.2, 0.25) is 0 Å². The average Bonchev–Trinajstić information content (AvgIpc) is 3.13. The van der Waals surface area contributed by atoms with E-state index < -0.39 is 43.5 Å². The van der Waals surface area contributed by atoms with Crippen LogP contribution < -0.4 is 9.47 Å². The highest BCUT2D eigenvalue weighted by molar-refractivity contribution is 5.60. The van der Waals surface area contributed by atoms with Gasteiger partial charge in [0.2, 0.25) is 12.2 Å². The van der Waals surface area contributed by atoms with Gasteiger partial charge in [-0.05, 0) is 52.3 Å². The normalized spacial score (nSPS) is 24.1. The highest BCUT2D eigenvalue weighted by Gasteiger charge is 2.46. The number of aromatic nitrogens is 2. The van der Waals surface area contributed by atoms with E-state index in [9.17, 15) is 20.1 Å². The Morgan fingerprint density at radius 2 is 1.75 bits per heavy atom. The molecule has 1 saturated heterocycles. The SMILES string of the molecule is COc1ccc(Cc2c(OC3O[C@H](COC(=O)OC(C)C)[C@@H](O)[C@H](O)[C@H]3O)nn(C(C)C)c2C)cc1. The van der Waals surface area contributed by atoms with Gasteiger partial charge in [0.25, 0.3) is 0 Å². The fraction of sp³-hybridized carbons (Fsp3) is 0.600. The quantitative estimate of drug-likeness (QED) is 0.431. The summed E-state index contributed by atoms with van der Waals surface area (Å²) in [4.78, 5) is 11.7. The van der Waals surface area contributed by atoms with Crippen LogP contribution in [0.15, 0.2) is 24.3 Å². The van der Waals surface area contributed by atoms with Gasteiger partial charge in [-0.2, -0.15) is 0 Å². The van der Waals surface area contributed by atoms with Gasteiger partial charge >= 0.3 is 6.16 Å². The van der Waals surface area contributed by atoms with E-state index in [1.165, 1.54) is 0 Å². The lowest BCUT2D eigenvalue weighted by Gasteiger charge is -2.39. The standard InChI is InChI=1S/C25H36N2O9/c1-13(2)27-15(5)18(11-16-7-9-17(32-6)10-8-16)23(26-27)36-24-22(30)21(29)20(28)19(35-24)12-33-25(31)34-14(3)4/h7-10,13-14,19-22,24,28-30H,11-12H2,1-6H3/t19-,20-,21+,22-,24?/m1/s1. The molecule has 0 amide bonds. The Morgan fingerprint density at radius 3 is 2.33 bits per heavy atom. The maximum atomic E-state index is 11.7. The molecule has 5 atom stereocenters. The van der Waals surface area contributed by atoms with Crippen LogP contribution in [0.25, 0.3) is 0 Å². The molecule has 1 aromatic carbocycles. The van der Waals surface area contributed by atoms with E-state index in [1.807, 2.05) is 45.0 Å². The van der Waals surface area contributed by atoms with E-state index in [-0.39, 0.29) is 18.0 Å². The van der Waals surface area contributed by atoms with Crippen LogP contribution in [0.4, 0.5) is 4.79 Å². The summed E-state index contributed by atoms with van der Waals surface area (Å²) in [6.45, 7) is 8.81. The first kappa shape index (κ1) is 27.7. The summed E-state index contributed by atoms with van der Waals surface area (Å²) in [5.74, 6) is 0.963. The molecule has 3 N–H and O–H groups in total. The van der Waals surface area contributed by atoms with E-state index >= 15 is 0 Å². The zero-order valence-electron chi connectivity index (χ0n) is 21.5. The second kappa shape index (κ2) is 11.9. The molecule has 1 aliphatic rings. The summed E-state index contributed by atoms with van der Waals surface area (Å²) in [6, 6.07) is 7.63. The maximum absolute atomic E-state index is 11.7. The van der Waals surface area contributed by atoms with Crippen LogP contribution in [0.5, 0.6) is 11.6 Å². The summed E-state index contributed by atoms with van der Waals surface area (Å²) in [7, 11) is 1.60. The van der Waals surface area contributed by atoms with Crippen molar-refractivity contribution in [2.24, 2.45) is 0 Å². The second-order valence-electron chi connectivity index (χ2n) is 9.29. The summed E-state index contributed by atoms with van der Waals surface area (Å²) in [6.07, 6.45) is -8.06. The molecule has 0 saturated carbocycles. The predicted molar refractivity (Wildman–Crippen MR) is 128 cm³/mol. The number of carbonyl (C=O) groups is 1. The number of hydrogen-bond donors (Lipinski definition) is 3. The lowest BCUT2D eigenvalue weighted by molar-refractivity contribution is -0.278. The molecule has 1 aliphatic heterocycles. The van der Waals surface area contributed by atoms with E-state index in [0.29, 0.717) is 6.42 Å². The number of rotatable bonds is 9. The van der Waals surface area contributed by atoms with Crippen LogP contribution >= 0.6 is 0 Å². The van der Waals surface area contributed by atoms with Crippen LogP contribution in [0.3, 0.4) is 0 Å². The number of methoxy groups -OCH3 is 1. The number of aliphatic hydroxyl groups excluding tert-OH is 3. The van der Waals surface area contributed by atoms with Crippen molar-refractivity contribution in [3.05, 3.63) is 41.1 Å². The van der Waals surface area contributed by atoms with Gasteiger partial charge in [-0.15, -0.1) is 5.10 Å². The first-order chi connectivity index (χ1) is 17.0. The maximum Gasteiger partial charge on any atom is 0.508 e. The van der Waals surface area contributed by atoms with E-state index in [1.54, 1.807) is 25.6 Å². The molecule has 36 heavy (non-hydrogen) atoms. The molecule has 0 bridgehead atoms. The van der Waals surface area contributed by atoms with Gasteiger partial charge in [0.15, 0.2) is 0 Å². The third-order valence-corrected chi connectivity index (χ3v) is 5.86. The third kappa shape index (κ3) is 6.47. The minimum Gasteiger partial charge on any atom is -0.497 e. The van der Waals surface area contributed by atoms with Crippen molar-refractivity contribution in [2.75, 3.05) is 13.7 Å². The molecule has 1 aromatic heterocycles. The molecule has 0 spiro atoms. The zero-order chi connectivity index (χ0) is 26.6. The predicted octanol–water partition coefficient (Wildman–Crippen LogP) is 2.12. The number of carbonyl (C=O) groups excluding carboxylic acids is 1. The molecule has 1 unspecified atom stereocenters. The molecular weight excluding hydrogens is 472 g/mol. The Hall–Kier alpha value is -2.86. The Balaban J connectivity index is 1.81. The summed E-state index contributed by atoms with van der Waals surface area (Å²) in [5.41, 5.74) is 2.64. The van der Waals surface area contributed by atoms with Crippen molar-refractivity contribution in [1.29, 1.82) is 0 Å². The average molecular weight is 509 g/mol. The van der Waals surface area contributed by atoms with Crippen molar-refractivity contribution in [3.8, 4) is 11.6 Å². The molecule has 11 nitrogen and oxygen atoms in total. The van der Waals surface area contributed by atoms with Gasteiger partial charge in [-0.3, -0.25) is 4.68 Å². The first-order valence-electron chi connectivity index (χ1n) is 11.9. The minimum atomic E-state index is -1.60. The van der Waals surface area contributed by atoms with Crippen LogP contribution in [-0.2, 0) is 20.6 Å². The van der Waals surface area contributed by atoms with Gasteiger partial charge in [0.1, 0.15) is 36.8 Å². The van der Waals surface area contributed by atoms with Crippen LogP contribution in [0, 0.1) is 6.92 Å². The Morgan fingerprint density at radius 1 is 1.08 bits per heavy atom. The number of hydrogen-bond acceptors (Lipinski definition) is 10. The van der Waals surface area contributed by atoms with Gasteiger partial charge in [0, 0.05) is 23.7 Å². The first-order valence-corrected chi connectivity index (χ1v) is 11.9. The highest BCUT2D eigenvalue weighted by Crippen LogP contribution is 2.31. The Bertz CT molecular complexity index is 1010. The van der Waals surface area contributed by atoms with E-state index in [2.05, 4.69) is 5.10 Å². The number of aliphatic hydroxyl groups is 3. The molecular formula is C25H36N2O9. The molecule has 1 fully saturated rings. The Kier molecular flexibility index (Phi) is 9.18. The molecule has 0 radical (unpaired) electrons. The fourth-order valence-electron chi connectivity index (χ4n) is 3.91. The Labute approximate surface area is 210 Å². The molecule has 3 rings (SSSR count). The van der Waals surface area contributed by atoms with E-state index in [4.69, 9.17) is 23.7 Å². The topological polar surface area (TPSA) is 142 Å².